The van der Waals surface area contributed by atoms with E-state index in [4.69, 9.17) is 0 Å². The molecular weight excluding hydrogens is 185 g/mol. The van der Waals surface area contributed by atoms with Gasteiger partial charge in [-0.05, 0) is 11.2 Å². The summed E-state index contributed by atoms with van der Waals surface area (Å²) in [6, 6.07) is 0. The number of hydrogen-bond acceptors (Lipinski definition) is 1. The van der Waals surface area contributed by atoms with Crippen LogP contribution in [0.2, 0.25) is 0 Å². The Morgan fingerprint density at radius 3 is 1.50 bits per heavy atom. The molecule has 0 radical (unpaired) electrons. The van der Waals surface area contributed by atoms with Crippen LogP contribution in [0.4, 0.5) is 13.2 Å². The normalized spacial score (nSPS) is 15.8. The fourth-order valence-electron chi connectivity index (χ4n) is 0.905. The first-order valence-corrected chi connectivity index (χ1v) is 4.91. The summed E-state index contributed by atoms with van der Waals surface area (Å²) < 4.78 is 36.9. The van der Waals surface area contributed by atoms with Crippen LogP contribution in [-0.4, -0.2) is 16.7 Å². The Labute approximate surface area is 75.9 Å². The zero-order valence-corrected chi connectivity index (χ0v) is 8.59. The molecule has 12 heavy (non-hydrogen) atoms. The van der Waals surface area contributed by atoms with Gasteiger partial charge in [-0.15, -0.1) is 11.8 Å². The standard InChI is InChI=1S/C8H15F3S/c1-5(2)7(8(9,10)11)12-6(3)4/h5-7H,1-4H3. The maximum Gasteiger partial charge on any atom is 0.400 e. The third-order valence-corrected chi connectivity index (χ3v) is 3.00. The molecule has 0 spiro atoms. The molecule has 0 aromatic rings. The van der Waals surface area contributed by atoms with Crippen LogP contribution in [-0.2, 0) is 0 Å². The minimum atomic E-state index is -4.07. The van der Waals surface area contributed by atoms with Crippen LogP contribution in [0.3, 0.4) is 0 Å². The highest BCUT2D eigenvalue weighted by atomic mass is 32.2. The van der Waals surface area contributed by atoms with Gasteiger partial charge in [-0.1, -0.05) is 27.7 Å². The Kier molecular flexibility index (Phi) is 4.45. The van der Waals surface area contributed by atoms with Crippen molar-refractivity contribution in [2.45, 2.75) is 44.4 Å². The van der Waals surface area contributed by atoms with Crippen molar-refractivity contribution >= 4 is 11.8 Å². The molecule has 0 aliphatic rings. The van der Waals surface area contributed by atoms with E-state index in [-0.39, 0.29) is 11.2 Å². The lowest BCUT2D eigenvalue weighted by Gasteiger charge is -2.24. The summed E-state index contributed by atoms with van der Waals surface area (Å²) in [4.78, 5) is 0. The summed E-state index contributed by atoms with van der Waals surface area (Å²) in [5.41, 5.74) is 0. The van der Waals surface area contributed by atoms with Gasteiger partial charge in [0.15, 0.2) is 0 Å². The molecule has 0 nitrogen and oxygen atoms in total. The molecule has 0 fully saturated rings. The van der Waals surface area contributed by atoms with E-state index >= 15 is 0 Å². The van der Waals surface area contributed by atoms with Gasteiger partial charge in [-0.25, -0.2) is 0 Å². The lowest BCUT2D eigenvalue weighted by atomic mass is 10.1. The van der Waals surface area contributed by atoms with E-state index in [1.807, 2.05) is 0 Å². The lowest BCUT2D eigenvalue weighted by molar-refractivity contribution is -0.135. The molecular formula is C8H15F3S. The Bertz CT molecular complexity index is 129. The van der Waals surface area contributed by atoms with Crippen LogP contribution >= 0.6 is 11.8 Å². The van der Waals surface area contributed by atoms with Crippen molar-refractivity contribution in [2.75, 3.05) is 0 Å². The molecule has 0 rings (SSSR count). The van der Waals surface area contributed by atoms with E-state index in [0.717, 1.165) is 11.8 Å². The highest BCUT2D eigenvalue weighted by molar-refractivity contribution is 8.00. The van der Waals surface area contributed by atoms with Gasteiger partial charge in [0.25, 0.3) is 0 Å². The van der Waals surface area contributed by atoms with E-state index in [2.05, 4.69) is 0 Å². The molecule has 0 amide bonds. The second-order valence-electron chi connectivity index (χ2n) is 3.39. The second-order valence-corrected chi connectivity index (χ2v) is 5.11. The van der Waals surface area contributed by atoms with Gasteiger partial charge in [0.1, 0.15) is 5.25 Å². The van der Waals surface area contributed by atoms with Crippen molar-refractivity contribution < 1.29 is 13.2 Å². The third kappa shape index (κ3) is 4.24. The summed E-state index contributed by atoms with van der Waals surface area (Å²) >= 11 is 0.990. The van der Waals surface area contributed by atoms with Crippen LogP contribution in [0.5, 0.6) is 0 Å². The first kappa shape index (κ1) is 12.1. The Hall–Kier alpha value is 0.140. The number of alkyl halides is 3. The highest BCUT2D eigenvalue weighted by Gasteiger charge is 2.42. The SMILES string of the molecule is CC(C)SC(C(C)C)C(F)(F)F. The number of halogens is 3. The largest absolute Gasteiger partial charge is 0.400 e. The number of thioether (sulfide) groups is 1. The van der Waals surface area contributed by atoms with Crippen LogP contribution in [0, 0.1) is 5.92 Å². The Balaban J connectivity index is 4.25. The Morgan fingerprint density at radius 1 is 1.00 bits per heavy atom. The Morgan fingerprint density at radius 2 is 1.42 bits per heavy atom. The smallest absolute Gasteiger partial charge is 0.170 e. The zero-order valence-electron chi connectivity index (χ0n) is 7.77. The van der Waals surface area contributed by atoms with Crippen molar-refractivity contribution in [1.82, 2.24) is 0 Å². The van der Waals surface area contributed by atoms with E-state index in [1.54, 1.807) is 27.7 Å². The summed E-state index contributed by atoms with van der Waals surface area (Å²) in [5.74, 6) is -0.350. The molecule has 1 unspecified atom stereocenters. The van der Waals surface area contributed by atoms with E-state index in [1.165, 1.54) is 0 Å². The molecule has 0 aliphatic heterocycles. The first-order chi connectivity index (χ1) is 5.25. The maximum atomic E-state index is 12.3. The predicted octanol–water partition coefficient (Wildman–Crippen LogP) is 3.71. The van der Waals surface area contributed by atoms with E-state index in [0.29, 0.717) is 0 Å². The summed E-state index contributed by atoms with van der Waals surface area (Å²) in [7, 11) is 0. The molecule has 0 heterocycles. The lowest BCUT2D eigenvalue weighted by Crippen LogP contribution is -2.31. The van der Waals surface area contributed by atoms with Gasteiger partial charge in [-0.3, -0.25) is 0 Å². The summed E-state index contributed by atoms with van der Waals surface area (Å²) in [6.07, 6.45) is -4.07. The van der Waals surface area contributed by atoms with E-state index in [9.17, 15) is 13.2 Å². The minimum Gasteiger partial charge on any atom is -0.170 e. The maximum absolute atomic E-state index is 12.3. The molecule has 0 aromatic heterocycles. The monoisotopic (exact) mass is 200 g/mol. The van der Waals surface area contributed by atoms with Crippen LogP contribution in [0.25, 0.3) is 0 Å². The third-order valence-electron chi connectivity index (χ3n) is 1.35. The molecule has 0 aromatic carbocycles. The molecule has 0 saturated heterocycles. The van der Waals surface area contributed by atoms with Crippen molar-refractivity contribution in [3.8, 4) is 0 Å². The van der Waals surface area contributed by atoms with Gasteiger partial charge < -0.3 is 0 Å². The fraction of sp³-hybridized carbons (Fsp3) is 1.00. The van der Waals surface area contributed by atoms with E-state index < -0.39 is 11.4 Å². The zero-order chi connectivity index (χ0) is 9.94. The number of hydrogen-bond donors (Lipinski definition) is 0. The van der Waals surface area contributed by atoms with Crippen LogP contribution in [0.15, 0.2) is 0 Å². The van der Waals surface area contributed by atoms with Crippen molar-refractivity contribution in [2.24, 2.45) is 5.92 Å². The van der Waals surface area contributed by atoms with Crippen LogP contribution in [0.1, 0.15) is 27.7 Å². The topological polar surface area (TPSA) is 0 Å². The summed E-state index contributed by atoms with van der Waals surface area (Å²) in [5, 5.41) is -1.20. The van der Waals surface area contributed by atoms with Gasteiger partial charge in [0.05, 0.1) is 0 Å². The summed E-state index contributed by atoms with van der Waals surface area (Å²) in [6.45, 7) is 6.78. The quantitative estimate of drug-likeness (QED) is 0.669. The minimum absolute atomic E-state index is 0.0269. The van der Waals surface area contributed by atoms with Crippen molar-refractivity contribution in [3.05, 3.63) is 0 Å². The van der Waals surface area contributed by atoms with Crippen LogP contribution < -0.4 is 0 Å². The van der Waals surface area contributed by atoms with Crippen molar-refractivity contribution in [3.63, 3.8) is 0 Å². The van der Waals surface area contributed by atoms with Gasteiger partial charge in [-0.2, -0.15) is 13.2 Å². The molecule has 0 bridgehead atoms. The fourth-order valence-corrected chi connectivity index (χ4v) is 1.96. The van der Waals surface area contributed by atoms with Gasteiger partial charge in [0.2, 0.25) is 0 Å². The molecule has 0 N–H and O–H groups in total. The predicted molar refractivity (Wildman–Crippen MR) is 47.4 cm³/mol. The molecule has 1 atom stereocenters. The molecule has 0 saturated carbocycles. The van der Waals surface area contributed by atoms with Crippen molar-refractivity contribution in [1.29, 1.82) is 0 Å². The second kappa shape index (κ2) is 4.40. The van der Waals surface area contributed by atoms with Gasteiger partial charge >= 0.3 is 6.18 Å². The average molecular weight is 200 g/mol. The van der Waals surface area contributed by atoms with Gasteiger partial charge in [0, 0.05) is 0 Å². The first-order valence-electron chi connectivity index (χ1n) is 3.97. The molecule has 0 aliphatic carbocycles. The molecule has 74 valence electrons. The highest BCUT2D eigenvalue weighted by Crippen LogP contribution is 2.37. The number of rotatable bonds is 3. The average Bonchev–Trinajstić information content (AvgIpc) is 1.79. The molecule has 4 heteroatoms.